The Labute approximate surface area is 116 Å². The zero-order valence-corrected chi connectivity index (χ0v) is 12.3. The third-order valence-corrected chi connectivity index (χ3v) is 3.41. The van der Waals surface area contributed by atoms with Gasteiger partial charge in [-0.3, -0.25) is 0 Å². The summed E-state index contributed by atoms with van der Waals surface area (Å²) in [5.41, 5.74) is 2.62. The molecule has 0 bridgehead atoms. The Morgan fingerprint density at radius 1 is 1.37 bits per heavy atom. The van der Waals surface area contributed by atoms with Crippen molar-refractivity contribution in [3.05, 3.63) is 35.5 Å². The molecular formula is C16H25N3. The molecule has 0 aromatic carbocycles. The Hall–Kier alpha value is -1.35. The highest BCUT2D eigenvalue weighted by atomic mass is 15.2. The lowest BCUT2D eigenvalue weighted by molar-refractivity contribution is 0.548. The third-order valence-electron chi connectivity index (χ3n) is 3.41. The minimum Gasteiger partial charge on any atom is -0.353 e. The third kappa shape index (κ3) is 4.35. The molecule has 1 aliphatic heterocycles. The zero-order chi connectivity index (χ0) is 13.7. The first kappa shape index (κ1) is 14.1. The molecule has 1 N–H and O–H groups in total. The van der Waals surface area contributed by atoms with Gasteiger partial charge < -0.3 is 10.2 Å². The van der Waals surface area contributed by atoms with Crippen LogP contribution in [-0.4, -0.2) is 24.6 Å². The van der Waals surface area contributed by atoms with Crippen LogP contribution in [0.2, 0.25) is 0 Å². The lowest BCUT2D eigenvalue weighted by Gasteiger charge is -2.26. The van der Waals surface area contributed by atoms with Gasteiger partial charge >= 0.3 is 0 Å². The van der Waals surface area contributed by atoms with Crippen LogP contribution >= 0.6 is 0 Å². The molecule has 1 aliphatic rings. The van der Waals surface area contributed by atoms with Gasteiger partial charge in [-0.25, -0.2) is 4.98 Å². The van der Waals surface area contributed by atoms with Gasteiger partial charge in [-0.2, -0.15) is 0 Å². The molecule has 3 heteroatoms. The predicted octanol–water partition coefficient (Wildman–Crippen LogP) is 2.98. The first-order valence-electron chi connectivity index (χ1n) is 7.22. The molecule has 2 heterocycles. The maximum absolute atomic E-state index is 4.75. The van der Waals surface area contributed by atoms with E-state index < -0.39 is 0 Å². The highest BCUT2D eigenvalue weighted by Gasteiger charge is 2.11. The van der Waals surface area contributed by atoms with E-state index in [-0.39, 0.29) is 0 Å². The molecule has 1 aromatic heterocycles. The monoisotopic (exact) mass is 259 g/mol. The van der Waals surface area contributed by atoms with Crippen molar-refractivity contribution in [1.29, 1.82) is 0 Å². The summed E-state index contributed by atoms with van der Waals surface area (Å²) >= 11 is 0. The van der Waals surface area contributed by atoms with E-state index in [0.717, 1.165) is 44.1 Å². The van der Waals surface area contributed by atoms with Crippen LogP contribution in [0.5, 0.6) is 0 Å². The van der Waals surface area contributed by atoms with E-state index in [0.29, 0.717) is 5.92 Å². The average molecular weight is 259 g/mol. The van der Waals surface area contributed by atoms with Crippen LogP contribution in [0.4, 0.5) is 5.82 Å². The minimum atomic E-state index is 0.679. The quantitative estimate of drug-likeness (QED) is 0.824. The van der Waals surface area contributed by atoms with Crippen molar-refractivity contribution in [3.63, 3.8) is 0 Å². The molecule has 1 aromatic rings. The second-order valence-electron chi connectivity index (χ2n) is 5.76. The van der Waals surface area contributed by atoms with E-state index >= 15 is 0 Å². The van der Waals surface area contributed by atoms with Crippen molar-refractivity contribution < 1.29 is 0 Å². The van der Waals surface area contributed by atoms with Gasteiger partial charge in [0.05, 0.1) is 5.69 Å². The van der Waals surface area contributed by atoms with Gasteiger partial charge in [-0.05, 0) is 37.9 Å². The van der Waals surface area contributed by atoms with Crippen LogP contribution < -0.4 is 10.2 Å². The normalized spacial score (nSPS) is 15.8. The smallest absolute Gasteiger partial charge is 0.129 e. The summed E-state index contributed by atoms with van der Waals surface area (Å²) in [5, 5.41) is 3.45. The van der Waals surface area contributed by atoms with Gasteiger partial charge in [0.25, 0.3) is 0 Å². The molecule has 0 fully saturated rings. The molecule has 3 nitrogen and oxygen atoms in total. The van der Waals surface area contributed by atoms with Gasteiger partial charge in [0, 0.05) is 19.6 Å². The maximum atomic E-state index is 4.75. The van der Waals surface area contributed by atoms with Crippen molar-refractivity contribution in [2.75, 3.05) is 24.5 Å². The number of hydrogen-bond donors (Lipinski definition) is 1. The molecule has 0 unspecified atom stereocenters. The number of nitrogens with one attached hydrogen (secondary N) is 1. The summed E-state index contributed by atoms with van der Waals surface area (Å²) < 4.78 is 0. The van der Waals surface area contributed by atoms with Crippen molar-refractivity contribution in [1.82, 2.24) is 10.3 Å². The second kappa shape index (κ2) is 6.71. The SMILES string of the molecule is CC1=CCN(c2cccc(CNCC(C)C)n2)CC1. The Balaban J connectivity index is 1.95. The maximum Gasteiger partial charge on any atom is 0.129 e. The van der Waals surface area contributed by atoms with Gasteiger partial charge in [-0.1, -0.05) is 31.6 Å². The van der Waals surface area contributed by atoms with Crippen molar-refractivity contribution >= 4 is 5.82 Å². The number of anilines is 1. The Kier molecular flexibility index (Phi) is 4.97. The molecule has 0 amide bonds. The van der Waals surface area contributed by atoms with Crippen LogP contribution in [0.3, 0.4) is 0 Å². The second-order valence-corrected chi connectivity index (χ2v) is 5.76. The van der Waals surface area contributed by atoms with Gasteiger partial charge in [-0.15, -0.1) is 0 Å². The van der Waals surface area contributed by atoms with Gasteiger partial charge in [0.1, 0.15) is 5.82 Å². The molecule has 0 aliphatic carbocycles. The standard InChI is InChI=1S/C16H25N3/c1-13(2)11-17-12-15-5-4-6-16(18-15)19-9-7-14(3)8-10-19/h4-7,13,17H,8-12H2,1-3H3. The fourth-order valence-electron chi connectivity index (χ4n) is 2.21. The summed E-state index contributed by atoms with van der Waals surface area (Å²) in [4.78, 5) is 7.10. The highest BCUT2D eigenvalue weighted by molar-refractivity contribution is 5.41. The van der Waals surface area contributed by atoms with Crippen molar-refractivity contribution in [2.45, 2.75) is 33.7 Å². The molecule has 0 spiro atoms. The first-order valence-corrected chi connectivity index (χ1v) is 7.22. The van der Waals surface area contributed by atoms with Crippen LogP contribution in [0.25, 0.3) is 0 Å². The average Bonchev–Trinajstić information content (AvgIpc) is 2.39. The van der Waals surface area contributed by atoms with E-state index in [4.69, 9.17) is 4.98 Å². The lowest BCUT2D eigenvalue weighted by atomic mass is 10.1. The summed E-state index contributed by atoms with van der Waals surface area (Å²) in [5.74, 6) is 1.78. The number of nitrogens with zero attached hydrogens (tertiary/aromatic N) is 2. The van der Waals surface area contributed by atoms with Crippen molar-refractivity contribution in [2.24, 2.45) is 5.92 Å². The minimum absolute atomic E-state index is 0.679. The molecule has 19 heavy (non-hydrogen) atoms. The predicted molar refractivity (Wildman–Crippen MR) is 81.4 cm³/mol. The number of rotatable bonds is 5. The van der Waals surface area contributed by atoms with Crippen LogP contribution in [0.15, 0.2) is 29.8 Å². The van der Waals surface area contributed by atoms with Gasteiger partial charge in [0.2, 0.25) is 0 Å². The van der Waals surface area contributed by atoms with Crippen LogP contribution in [-0.2, 0) is 6.54 Å². The van der Waals surface area contributed by atoms with E-state index in [1.165, 1.54) is 5.57 Å². The van der Waals surface area contributed by atoms with Crippen LogP contribution in [0.1, 0.15) is 32.9 Å². The summed E-state index contributed by atoms with van der Waals surface area (Å²) in [6.07, 6.45) is 3.45. The zero-order valence-electron chi connectivity index (χ0n) is 12.3. The molecule has 0 radical (unpaired) electrons. The molecule has 104 valence electrons. The Morgan fingerprint density at radius 2 is 2.21 bits per heavy atom. The van der Waals surface area contributed by atoms with E-state index in [1.54, 1.807) is 0 Å². The fourth-order valence-corrected chi connectivity index (χ4v) is 2.21. The Morgan fingerprint density at radius 3 is 2.89 bits per heavy atom. The number of pyridine rings is 1. The number of hydrogen-bond acceptors (Lipinski definition) is 3. The first-order chi connectivity index (χ1) is 9.15. The van der Waals surface area contributed by atoms with E-state index in [2.05, 4.69) is 55.3 Å². The fraction of sp³-hybridized carbons (Fsp3) is 0.562. The molecule has 0 saturated carbocycles. The van der Waals surface area contributed by atoms with Gasteiger partial charge in [0.15, 0.2) is 0 Å². The largest absolute Gasteiger partial charge is 0.353 e. The summed E-state index contributed by atoms with van der Waals surface area (Å²) in [7, 11) is 0. The molecule has 0 saturated heterocycles. The molecular weight excluding hydrogens is 234 g/mol. The highest BCUT2D eigenvalue weighted by Crippen LogP contribution is 2.17. The van der Waals surface area contributed by atoms with Crippen LogP contribution in [0, 0.1) is 5.92 Å². The molecule has 0 atom stereocenters. The Bertz CT molecular complexity index is 437. The number of aromatic nitrogens is 1. The molecule has 2 rings (SSSR count). The van der Waals surface area contributed by atoms with E-state index in [9.17, 15) is 0 Å². The lowest BCUT2D eigenvalue weighted by Crippen LogP contribution is -2.29. The topological polar surface area (TPSA) is 28.2 Å². The summed E-state index contributed by atoms with van der Waals surface area (Å²) in [6, 6.07) is 6.32. The van der Waals surface area contributed by atoms with Crippen molar-refractivity contribution in [3.8, 4) is 0 Å². The van der Waals surface area contributed by atoms with E-state index in [1.807, 2.05) is 0 Å². The summed E-state index contributed by atoms with van der Waals surface area (Å²) in [6.45, 7) is 10.6.